The third-order valence-corrected chi connectivity index (χ3v) is 2.87. The molecule has 0 aliphatic carbocycles. The van der Waals surface area contributed by atoms with Gasteiger partial charge in [0.2, 0.25) is 5.91 Å². The van der Waals surface area contributed by atoms with Gasteiger partial charge in [0.25, 0.3) is 0 Å². The lowest BCUT2D eigenvalue weighted by Crippen LogP contribution is -2.22. The number of anilines is 2. The van der Waals surface area contributed by atoms with Crippen LogP contribution in [0, 0.1) is 0 Å². The molecule has 0 aliphatic rings. The van der Waals surface area contributed by atoms with E-state index in [9.17, 15) is 4.79 Å². The van der Waals surface area contributed by atoms with Gasteiger partial charge in [-0.15, -0.1) is 0 Å². The number of nitrogens with one attached hydrogen (secondary N) is 2. The lowest BCUT2D eigenvalue weighted by Gasteiger charge is -2.17. The van der Waals surface area contributed by atoms with Crippen LogP contribution in [-0.4, -0.2) is 25.2 Å². The molecule has 2 N–H and O–H groups in total. The van der Waals surface area contributed by atoms with Gasteiger partial charge in [0.1, 0.15) is 0 Å². The fourth-order valence-corrected chi connectivity index (χ4v) is 1.74. The molecule has 1 atom stereocenters. The van der Waals surface area contributed by atoms with Crippen molar-refractivity contribution in [3.63, 3.8) is 0 Å². The molecular weight excluding hydrogens is 264 g/mol. The van der Waals surface area contributed by atoms with E-state index in [1.54, 1.807) is 12.1 Å². The molecule has 1 aromatic carbocycles. The summed E-state index contributed by atoms with van der Waals surface area (Å²) in [5, 5.41) is 6.70. The van der Waals surface area contributed by atoms with Gasteiger partial charge in [0.05, 0.1) is 17.3 Å². The van der Waals surface area contributed by atoms with Gasteiger partial charge in [0, 0.05) is 24.8 Å². The molecule has 1 rings (SSSR count). The zero-order chi connectivity index (χ0) is 14.3. The van der Waals surface area contributed by atoms with Crippen molar-refractivity contribution >= 4 is 28.9 Å². The Morgan fingerprint density at radius 1 is 1.42 bits per heavy atom. The average Bonchev–Trinajstić information content (AvgIpc) is 2.40. The van der Waals surface area contributed by atoms with Gasteiger partial charge in [-0.1, -0.05) is 18.5 Å². The molecule has 0 spiro atoms. The molecular formula is C14H21ClN2O2. The molecule has 1 aromatic rings. The third-order valence-electron chi connectivity index (χ3n) is 2.55. The molecule has 1 unspecified atom stereocenters. The van der Waals surface area contributed by atoms with Crippen LogP contribution in [0.5, 0.6) is 0 Å². The molecule has 0 radical (unpaired) electrons. The molecule has 4 nitrogen and oxygen atoms in total. The Morgan fingerprint density at radius 2 is 2.16 bits per heavy atom. The van der Waals surface area contributed by atoms with E-state index in [1.165, 1.54) is 0 Å². The minimum Gasteiger partial charge on any atom is -0.380 e. The van der Waals surface area contributed by atoms with Gasteiger partial charge in [-0.05, 0) is 32.0 Å². The Labute approximate surface area is 119 Å². The zero-order valence-corrected chi connectivity index (χ0v) is 12.4. The maximum Gasteiger partial charge on any atom is 0.224 e. The van der Waals surface area contributed by atoms with E-state index in [0.717, 1.165) is 11.4 Å². The Bertz CT molecular complexity index is 424. The SMILES string of the molecule is CCOCC(C)Nc1cc(NC(=O)CC)ccc1Cl. The topological polar surface area (TPSA) is 50.4 Å². The van der Waals surface area contributed by atoms with E-state index in [0.29, 0.717) is 24.7 Å². The molecule has 0 aromatic heterocycles. The van der Waals surface area contributed by atoms with Crippen molar-refractivity contribution in [1.82, 2.24) is 0 Å². The van der Waals surface area contributed by atoms with E-state index in [4.69, 9.17) is 16.3 Å². The van der Waals surface area contributed by atoms with Crippen LogP contribution in [0.1, 0.15) is 27.2 Å². The predicted octanol–water partition coefficient (Wildman–Crippen LogP) is 3.53. The first-order chi connectivity index (χ1) is 9.06. The smallest absolute Gasteiger partial charge is 0.224 e. The standard InChI is InChI=1S/C14H21ClN2O2/c1-4-14(18)17-11-6-7-12(15)13(8-11)16-10(3)9-19-5-2/h6-8,10,16H,4-5,9H2,1-3H3,(H,17,18). The average molecular weight is 285 g/mol. The van der Waals surface area contributed by atoms with Crippen LogP contribution in [0.3, 0.4) is 0 Å². The largest absolute Gasteiger partial charge is 0.380 e. The highest BCUT2D eigenvalue weighted by molar-refractivity contribution is 6.33. The van der Waals surface area contributed by atoms with Crippen molar-refractivity contribution in [1.29, 1.82) is 0 Å². The second-order valence-corrected chi connectivity index (χ2v) is 4.71. The summed E-state index contributed by atoms with van der Waals surface area (Å²) in [6.07, 6.45) is 0.451. The van der Waals surface area contributed by atoms with Crippen LogP contribution in [-0.2, 0) is 9.53 Å². The van der Waals surface area contributed by atoms with Crippen LogP contribution in [0.15, 0.2) is 18.2 Å². The number of halogens is 1. The number of hydrogen-bond acceptors (Lipinski definition) is 3. The Kier molecular flexibility index (Phi) is 6.67. The summed E-state index contributed by atoms with van der Waals surface area (Å²) in [5.74, 6) is -0.0179. The summed E-state index contributed by atoms with van der Waals surface area (Å²) in [4.78, 5) is 11.4. The summed E-state index contributed by atoms with van der Waals surface area (Å²) in [5.41, 5.74) is 1.53. The fraction of sp³-hybridized carbons (Fsp3) is 0.500. The number of rotatable bonds is 7. The highest BCUT2D eigenvalue weighted by Gasteiger charge is 2.07. The maximum atomic E-state index is 11.4. The van der Waals surface area contributed by atoms with Gasteiger partial charge in [0.15, 0.2) is 0 Å². The minimum absolute atomic E-state index is 0.0179. The summed E-state index contributed by atoms with van der Waals surface area (Å²) >= 11 is 6.13. The minimum atomic E-state index is -0.0179. The van der Waals surface area contributed by atoms with E-state index in [-0.39, 0.29) is 11.9 Å². The first-order valence-corrected chi connectivity index (χ1v) is 6.88. The van der Waals surface area contributed by atoms with Crippen molar-refractivity contribution in [3.05, 3.63) is 23.2 Å². The number of carbonyl (C=O) groups is 1. The molecule has 19 heavy (non-hydrogen) atoms. The molecule has 1 amide bonds. The van der Waals surface area contributed by atoms with E-state index < -0.39 is 0 Å². The van der Waals surface area contributed by atoms with Gasteiger partial charge >= 0.3 is 0 Å². The van der Waals surface area contributed by atoms with Crippen LogP contribution in [0.25, 0.3) is 0 Å². The third kappa shape index (κ3) is 5.49. The van der Waals surface area contributed by atoms with E-state index in [2.05, 4.69) is 10.6 Å². The molecule has 0 fully saturated rings. The number of ether oxygens (including phenoxy) is 1. The second kappa shape index (κ2) is 8.02. The highest BCUT2D eigenvalue weighted by atomic mass is 35.5. The maximum absolute atomic E-state index is 11.4. The highest BCUT2D eigenvalue weighted by Crippen LogP contribution is 2.26. The van der Waals surface area contributed by atoms with Crippen LogP contribution < -0.4 is 10.6 Å². The first kappa shape index (κ1) is 15.8. The molecule has 106 valence electrons. The zero-order valence-electron chi connectivity index (χ0n) is 11.6. The van der Waals surface area contributed by atoms with Crippen molar-refractivity contribution in [3.8, 4) is 0 Å². The predicted molar refractivity (Wildman–Crippen MR) is 80.0 cm³/mol. The Morgan fingerprint density at radius 3 is 2.79 bits per heavy atom. The monoisotopic (exact) mass is 284 g/mol. The van der Waals surface area contributed by atoms with Gasteiger partial charge < -0.3 is 15.4 Å². The molecule has 0 aliphatic heterocycles. The quantitative estimate of drug-likeness (QED) is 0.805. The molecule has 5 heteroatoms. The number of benzene rings is 1. The van der Waals surface area contributed by atoms with E-state index in [1.807, 2.05) is 26.8 Å². The molecule has 0 heterocycles. The van der Waals surface area contributed by atoms with Gasteiger partial charge in [-0.3, -0.25) is 4.79 Å². The van der Waals surface area contributed by atoms with Crippen molar-refractivity contribution in [2.45, 2.75) is 33.2 Å². The van der Waals surface area contributed by atoms with Gasteiger partial charge in [-0.2, -0.15) is 0 Å². The van der Waals surface area contributed by atoms with Crippen LogP contribution >= 0.6 is 11.6 Å². The second-order valence-electron chi connectivity index (χ2n) is 4.30. The fourth-order valence-electron chi connectivity index (χ4n) is 1.56. The summed E-state index contributed by atoms with van der Waals surface area (Å²) in [6.45, 7) is 7.09. The van der Waals surface area contributed by atoms with Crippen molar-refractivity contribution in [2.75, 3.05) is 23.8 Å². The molecule has 0 saturated carbocycles. The van der Waals surface area contributed by atoms with E-state index >= 15 is 0 Å². The number of carbonyl (C=O) groups excluding carboxylic acids is 1. The lowest BCUT2D eigenvalue weighted by molar-refractivity contribution is -0.115. The van der Waals surface area contributed by atoms with Gasteiger partial charge in [-0.25, -0.2) is 0 Å². The van der Waals surface area contributed by atoms with Crippen LogP contribution in [0.2, 0.25) is 5.02 Å². The van der Waals surface area contributed by atoms with Crippen LogP contribution in [0.4, 0.5) is 11.4 Å². The summed E-state index contributed by atoms with van der Waals surface area (Å²) in [7, 11) is 0. The Balaban J connectivity index is 2.71. The summed E-state index contributed by atoms with van der Waals surface area (Å²) in [6, 6.07) is 5.53. The van der Waals surface area contributed by atoms with Crippen molar-refractivity contribution in [2.24, 2.45) is 0 Å². The van der Waals surface area contributed by atoms with Crippen molar-refractivity contribution < 1.29 is 9.53 Å². The number of amides is 1. The first-order valence-electron chi connectivity index (χ1n) is 6.50. The Hall–Kier alpha value is -1.26. The molecule has 0 saturated heterocycles. The normalized spacial score (nSPS) is 12.0. The number of hydrogen-bond donors (Lipinski definition) is 2. The molecule has 0 bridgehead atoms. The lowest BCUT2D eigenvalue weighted by atomic mass is 10.2. The summed E-state index contributed by atoms with van der Waals surface area (Å²) < 4.78 is 5.34.